The third kappa shape index (κ3) is 4.06. The van der Waals surface area contributed by atoms with Crippen LogP contribution >= 0.6 is 0 Å². The Morgan fingerprint density at radius 2 is 2.09 bits per heavy atom. The number of carbonyl (C=O) groups is 1. The van der Waals surface area contributed by atoms with E-state index in [-0.39, 0.29) is 18.0 Å². The van der Waals surface area contributed by atoms with Crippen molar-refractivity contribution in [2.24, 2.45) is 0 Å². The topological polar surface area (TPSA) is 101 Å². The molecule has 5 rings (SSSR count). The molecule has 0 saturated carbocycles. The summed E-state index contributed by atoms with van der Waals surface area (Å²) in [6, 6.07) is 8.06. The van der Waals surface area contributed by atoms with Gasteiger partial charge in [0.1, 0.15) is 23.2 Å². The first-order chi connectivity index (χ1) is 16.9. The Bertz CT molecular complexity index is 1250. The second kappa shape index (κ2) is 9.35. The van der Waals surface area contributed by atoms with E-state index in [0.717, 1.165) is 35.7 Å². The van der Waals surface area contributed by atoms with Crippen LogP contribution < -0.4 is 15.1 Å². The van der Waals surface area contributed by atoms with E-state index in [1.165, 1.54) is 0 Å². The van der Waals surface area contributed by atoms with Crippen LogP contribution in [-0.2, 0) is 24.2 Å². The van der Waals surface area contributed by atoms with E-state index in [9.17, 15) is 4.79 Å². The van der Waals surface area contributed by atoms with Crippen LogP contribution in [0.4, 0.5) is 11.6 Å². The maximum atomic E-state index is 13.6. The van der Waals surface area contributed by atoms with Crippen LogP contribution in [0.2, 0.25) is 0 Å². The van der Waals surface area contributed by atoms with Crippen LogP contribution in [0.5, 0.6) is 0 Å². The Balaban J connectivity index is 1.50. The maximum Gasteiger partial charge on any atom is 0.260 e. The molecule has 35 heavy (non-hydrogen) atoms. The molecule has 1 atom stereocenters. The molecule has 10 heteroatoms. The molecule has 10 nitrogen and oxygen atoms in total. The molecule has 3 aromatic rings. The lowest BCUT2D eigenvalue weighted by Crippen LogP contribution is -2.27. The Kier molecular flexibility index (Phi) is 6.24. The van der Waals surface area contributed by atoms with Crippen LogP contribution in [0, 0.1) is 0 Å². The summed E-state index contributed by atoms with van der Waals surface area (Å²) in [6.07, 6.45) is 1.84. The molecular formula is C25H32N8O2. The number of hydrogen-bond donors (Lipinski definition) is 1. The third-order valence-electron chi connectivity index (χ3n) is 6.90. The Morgan fingerprint density at radius 1 is 1.26 bits per heavy atom. The molecule has 0 bridgehead atoms. The van der Waals surface area contributed by atoms with Gasteiger partial charge in [-0.3, -0.25) is 9.69 Å². The second-order valence-corrected chi connectivity index (χ2v) is 9.42. The number of nitrogens with one attached hydrogen (secondary N) is 1. The summed E-state index contributed by atoms with van der Waals surface area (Å²) in [6.45, 7) is 5.84. The van der Waals surface area contributed by atoms with Gasteiger partial charge in [-0.05, 0) is 45.5 Å². The number of anilines is 2. The van der Waals surface area contributed by atoms with Gasteiger partial charge in [-0.15, -0.1) is 10.2 Å². The van der Waals surface area contributed by atoms with E-state index >= 15 is 0 Å². The van der Waals surface area contributed by atoms with Gasteiger partial charge in [-0.2, -0.15) is 0 Å². The molecule has 0 aliphatic carbocycles. The minimum absolute atomic E-state index is 0.0634. The molecule has 3 aromatic heterocycles. The molecule has 0 aromatic carbocycles. The average molecular weight is 477 g/mol. The number of nitrogens with zero attached hydrogens (tertiary/aromatic N) is 7. The summed E-state index contributed by atoms with van der Waals surface area (Å²) in [5, 5.41) is 12.0. The quantitative estimate of drug-likeness (QED) is 0.529. The lowest BCUT2D eigenvalue weighted by atomic mass is 10.1. The minimum Gasteiger partial charge on any atom is -0.383 e. The molecule has 0 spiro atoms. The zero-order valence-corrected chi connectivity index (χ0v) is 20.9. The fourth-order valence-electron chi connectivity index (χ4n) is 4.82. The number of methoxy groups -OCH3 is 1. The highest BCUT2D eigenvalue weighted by molar-refractivity contribution is 6.10. The smallest absolute Gasteiger partial charge is 0.260 e. The van der Waals surface area contributed by atoms with Crippen LogP contribution in [0.15, 0.2) is 24.3 Å². The molecule has 1 N–H and O–H groups in total. The van der Waals surface area contributed by atoms with E-state index in [0.29, 0.717) is 42.6 Å². The molecule has 0 radical (unpaired) electrons. The number of ether oxygens (including phenoxy) is 1. The fourth-order valence-corrected chi connectivity index (χ4v) is 4.82. The number of aromatic nitrogens is 5. The van der Waals surface area contributed by atoms with Crippen molar-refractivity contribution in [2.45, 2.75) is 51.9 Å². The summed E-state index contributed by atoms with van der Waals surface area (Å²) >= 11 is 0. The number of hydrogen-bond acceptors (Lipinski definition) is 8. The van der Waals surface area contributed by atoms with Crippen LogP contribution in [0.25, 0.3) is 11.5 Å². The molecule has 0 unspecified atom stereocenters. The zero-order chi connectivity index (χ0) is 24.7. The van der Waals surface area contributed by atoms with Crippen molar-refractivity contribution in [3.63, 3.8) is 0 Å². The van der Waals surface area contributed by atoms with Gasteiger partial charge < -0.3 is 19.5 Å². The first-order valence-electron chi connectivity index (χ1n) is 12.0. The van der Waals surface area contributed by atoms with Crippen LogP contribution in [-0.4, -0.2) is 64.5 Å². The lowest BCUT2D eigenvalue weighted by Gasteiger charge is -2.24. The molecule has 1 amide bonds. The van der Waals surface area contributed by atoms with Crippen molar-refractivity contribution in [1.29, 1.82) is 0 Å². The molecular weight excluding hydrogens is 444 g/mol. The van der Waals surface area contributed by atoms with Crippen molar-refractivity contribution in [3.05, 3.63) is 46.9 Å². The number of fused-ring (bicyclic) bond motifs is 2. The average Bonchev–Trinajstić information content (AvgIpc) is 3.54. The van der Waals surface area contributed by atoms with Gasteiger partial charge >= 0.3 is 0 Å². The monoisotopic (exact) mass is 476 g/mol. The maximum absolute atomic E-state index is 13.6. The molecule has 2 aliphatic heterocycles. The van der Waals surface area contributed by atoms with Crippen LogP contribution in [0.1, 0.15) is 53.7 Å². The van der Waals surface area contributed by atoms with Gasteiger partial charge in [0, 0.05) is 38.7 Å². The third-order valence-corrected chi connectivity index (χ3v) is 6.90. The summed E-state index contributed by atoms with van der Waals surface area (Å²) in [5.74, 6) is 2.99. The van der Waals surface area contributed by atoms with Crippen molar-refractivity contribution >= 4 is 17.5 Å². The largest absolute Gasteiger partial charge is 0.383 e. The molecule has 5 heterocycles. The summed E-state index contributed by atoms with van der Waals surface area (Å²) in [7, 11) is 5.60. The van der Waals surface area contributed by atoms with Gasteiger partial charge in [-0.1, -0.05) is 6.07 Å². The predicted octanol–water partition coefficient (Wildman–Crippen LogP) is 2.59. The minimum atomic E-state index is -0.0634. The lowest BCUT2D eigenvalue weighted by molar-refractivity contribution is 0.0996. The van der Waals surface area contributed by atoms with Gasteiger partial charge in [0.05, 0.1) is 30.5 Å². The van der Waals surface area contributed by atoms with E-state index in [4.69, 9.17) is 14.7 Å². The number of carbonyl (C=O) groups excluding carboxylic acids is 1. The van der Waals surface area contributed by atoms with E-state index in [1.54, 1.807) is 12.0 Å². The number of amides is 1. The van der Waals surface area contributed by atoms with Crippen molar-refractivity contribution < 1.29 is 9.53 Å². The molecule has 184 valence electrons. The fraction of sp³-hybridized carbons (Fsp3) is 0.480. The standard InChI is InChI=1S/C25H32N8O2/c1-15(2)31(4)23-11-17-18(20(28-23)12-26-3)13-32(25(17)34)21-8-6-7-19(27-21)24-30-29-22-10-9-16(14-35-5)33(22)24/h6-8,11,15-16,26H,9-10,12-14H2,1-5H3/t16-/m1/s1. The highest BCUT2D eigenvalue weighted by Gasteiger charge is 2.34. The molecule has 2 aliphatic rings. The number of aryl methyl sites for hydroxylation is 1. The van der Waals surface area contributed by atoms with E-state index < -0.39 is 0 Å². The second-order valence-electron chi connectivity index (χ2n) is 9.42. The van der Waals surface area contributed by atoms with Gasteiger partial charge in [0.15, 0.2) is 5.82 Å². The first kappa shape index (κ1) is 23.4. The van der Waals surface area contributed by atoms with Crippen molar-refractivity contribution in [3.8, 4) is 11.5 Å². The van der Waals surface area contributed by atoms with Crippen LogP contribution in [0.3, 0.4) is 0 Å². The highest BCUT2D eigenvalue weighted by Crippen LogP contribution is 2.34. The van der Waals surface area contributed by atoms with Crippen molar-refractivity contribution in [2.75, 3.05) is 37.6 Å². The normalized spacial score (nSPS) is 16.8. The van der Waals surface area contributed by atoms with Gasteiger partial charge in [-0.25, -0.2) is 9.97 Å². The molecule has 0 saturated heterocycles. The van der Waals surface area contributed by atoms with E-state index in [1.807, 2.05) is 38.4 Å². The summed E-state index contributed by atoms with van der Waals surface area (Å²) in [4.78, 5) is 27.1. The highest BCUT2D eigenvalue weighted by atomic mass is 16.5. The predicted molar refractivity (Wildman–Crippen MR) is 134 cm³/mol. The summed E-state index contributed by atoms with van der Waals surface area (Å²) in [5.41, 5.74) is 3.21. The SMILES string of the molecule is CNCc1nc(N(C)C(C)C)cc2c1CN(c1cccc(-c3nnc4n3[C@@H](COC)CC4)n1)C2=O. The van der Waals surface area contributed by atoms with Gasteiger partial charge in [0.2, 0.25) is 0 Å². The Hall–Kier alpha value is -3.37. The summed E-state index contributed by atoms with van der Waals surface area (Å²) < 4.78 is 7.53. The van der Waals surface area contributed by atoms with Gasteiger partial charge in [0.25, 0.3) is 5.91 Å². The van der Waals surface area contributed by atoms with E-state index in [2.05, 4.69) is 38.8 Å². The number of pyridine rings is 2. The van der Waals surface area contributed by atoms with Crippen molar-refractivity contribution in [1.82, 2.24) is 30.0 Å². The first-order valence-corrected chi connectivity index (χ1v) is 12.0. The number of rotatable bonds is 8. The molecule has 0 fully saturated rings. The Labute approximate surface area is 205 Å². The zero-order valence-electron chi connectivity index (χ0n) is 20.9. The Morgan fingerprint density at radius 3 is 2.83 bits per heavy atom.